The molecule has 2 heterocycles. The minimum atomic E-state index is -0.842. The van der Waals surface area contributed by atoms with Crippen molar-refractivity contribution in [3.63, 3.8) is 0 Å². The van der Waals surface area contributed by atoms with Gasteiger partial charge in [0.25, 0.3) is 0 Å². The topological polar surface area (TPSA) is 59.0 Å². The van der Waals surface area contributed by atoms with E-state index in [1.165, 1.54) is 0 Å². The van der Waals surface area contributed by atoms with Crippen molar-refractivity contribution in [1.82, 2.24) is 4.90 Å². The van der Waals surface area contributed by atoms with Crippen molar-refractivity contribution in [2.75, 3.05) is 20.7 Å². The Hall–Kier alpha value is -1.33. The van der Waals surface area contributed by atoms with Gasteiger partial charge in [0.05, 0.1) is 18.1 Å². The second-order valence-corrected chi connectivity index (χ2v) is 7.84. The smallest absolute Gasteiger partial charge is 0.174 e. The predicted molar refractivity (Wildman–Crippen MR) is 82.3 cm³/mol. The minimum absolute atomic E-state index is 0.0756. The van der Waals surface area contributed by atoms with Gasteiger partial charge in [0, 0.05) is 18.4 Å². The molecule has 2 saturated carbocycles. The molecule has 3 aliphatic carbocycles. The molecule has 6 unspecified atom stereocenters. The van der Waals surface area contributed by atoms with E-state index >= 15 is 0 Å². The molecule has 0 amide bonds. The maximum Gasteiger partial charge on any atom is 0.174 e. The van der Waals surface area contributed by atoms with Crippen LogP contribution >= 0.6 is 0 Å². The van der Waals surface area contributed by atoms with Gasteiger partial charge in [0.15, 0.2) is 17.6 Å². The van der Waals surface area contributed by atoms with Crippen LogP contribution < -0.4 is 0 Å². The molecule has 5 aliphatic rings. The molecule has 2 aliphatic heterocycles. The summed E-state index contributed by atoms with van der Waals surface area (Å²) in [4.78, 5) is 15.0. The van der Waals surface area contributed by atoms with Gasteiger partial charge in [-0.05, 0) is 44.8 Å². The third-order valence-electron chi connectivity index (χ3n) is 7.24. The largest absolute Gasteiger partial charge is 0.493 e. The number of hydrogen-bond acceptors (Lipinski definition) is 5. The highest BCUT2D eigenvalue weighted by atomic mass is 16.5. The van der Waals surface area contributed by atoms with Gasteiger partial charge < -0.3 is 19.5 Å². The number of Topliss-reactive ketones (excluding diaryl/α,β-unsaturated/α-hetero) is 1. The first-order valence-corrected chi connectivity index (χ1v) is 8.61. The number of hydrogen-bond donors (Lipinski definition) is 1. The van der Waals surface area contributed by atoms with Gasteiger partial charge in [-0.3, -0.25) is 4.79 Å². The highest BCUT2D eigenvalue weighted by Crippen LogP contribution is 2.69. The molecule has 0 aromatic heterocycles. The lowest BCUT2D eigenvalue weighted by atomic mass is 9.44. The predicted octanol–water partition coefficient (Wildman–Crippen LogP) is 1.23. The van der Waals surface area contributed by atoms with Crippen LogP contribution in [0.15, 0.2) is 23.7 Å². The lowest BCUT2D eigenvalue weighted by Crippen LogP contribution is -2.76. The second kappa shape index (κ2) is 4.19. The zero-order valence-electron chi connectivity index (χ0n) is 13.6. The Morgan fingerprint density at radius 1 is 1.43 bits per heavy atom. The van der Waals surface area contributed by atoms with Crippen molar-refractivity contribution in [3.8, 4) is 0 Å². The molecule has 0 aromatic carbocycles. The molecule has 5 heteroatoms. The van der Waals surface area contributed by atoms with Gasteiger partial charge in [0.2, 0.25) is 0 Å². The Labute approximate surface area is 135 Å². The first kappa shape index (κ1) is 14.1. The zero-order valence-corrected chi connectivity index (χ0v) is 13.6. The van der Waals surface area contributed by atoms with Crippen LogP contribution in [-0.4, -0.2) is 54.2 Å². The summed E-state index contributed by atoms with van der Waals surface area (Å²) in [5.41, 5.74) is -1.32. The summed E-state index contributed by atoms with van der Waals surface area (Å²) in [7, 11) is 3.74. The number of rotatable bonds is 1. The number of aliphatic hydroxyl groups is 1. The average molecular weight is 317 g/mol. The number of likely N-dealkylation sites (N-methyl/N-ethyl adjacent to an activating group) is 1. The molecular formula is C18H23NO4. The van der Waals surface area contributed by atoms with Crippen LogP contribution in [0.2, 0.25) is 0 Å². The van der Waals surface area contributed by atoms with E-state index in [2.05, 4.69) is 18.0 Å². The molecule has 0 aromatic rings. The monoisotopic (exact) mass is 317 g/mol. The second-order valence-electron chi connectivity index (χ2n) is 7.84. The third-order valence-corrected chi connectivity index (χ3v) is 7.24. The number of allylic oxidation sites excluding steroid dienone is 3. The van der Waals surface area contributed by atoms with E-state index in [0.717, 1.165) is 30.9 Å². The number of piperidine rings is 1. The molecule has 2 saturated heterocycles. The van der Waals surface area contributed by atoms with Gasteiger partial charge in [-0.1, -0.05) is 6.08 Å². The molecule has 5 rings (SSSR count). The van der Waals surface area contributed by atoms with Crippen LogP contribution in [0.1, 0.15) is 25.7 Å². The average Bonchev–Trinajstić information content (AvgIpc) is 2.90. The Morgan fingerprint density at radius 2 is 2.26 bits per heavy atom. The first-order valence-electron chi connectivity index (χ1n) is 8.61. The fraction of sp³-hybridized carbons (Fsp3) is 0.722. The minimum Gasteiger partial charge on any atom is -0.493 e. The highest BCUT2D eigenvalue weighted by molar-refractivity contribution is 5.87. The number of carbonyl (C=O) groups is 1. The van der Waals surface area contributed by atoms with Crippen molar-refractivity contribution in [1.29, 1.82) is 0 Å². The first-order chi connectivity index (χ1) is 11.0. The van der Waals surface area contributed by atoms with Crippen LogP contribution in [0.3, 0.4) is 0 Å². The van der Waals surface area contributed by atoms with Crippen LogP contribution in [0.25, 0.3) is 0 Å². The van der Waals surface area contributed by atoms with Crippen LogP contribution in [-0.2, 0) is 14.3 Å². The third kappa shape index (κ3) is 1.36. The van der Waals surface area contributed by atoms with Crippen molar-refractivity contribution in [2.24, 2.45) is 17.3 Å². The summed E-state index contributed by atoms with van der Waals surface area (Å²) in [6, 6.07) is 0.102. The fourth-order valence-corrected chi connectivity index (χ4v) is 6.30. The summed E-state index contributed by atoms with van der Waals surface area (Å²) in [5, 5.41) is 11.8. The zero-order chi connectivity index (χ0) is 16.0. The SMILES string of the molecule is COC1=C2OC3C(=O)CCC4(O)C5CC(C=C1)C2C34CCN5C. The Morgan fingerprint density at radius 3 is 3.04 bits per heavy atom. The van der Waals surface area contributed by atoms with E-state index < -0.39 is 17.1 Å². The van der Waals surface area contributed by atoms with Crippen molar-refractivity contribution >= 4 is 5.78 Å². The van der Waals surface area contributed by atoms with Crippen LogP contribution in [0, 0.1) is 17.3 Å². The maximum atomic E-state index is 12.7. The molecule has 1 spiro atoms. The number of carbonyl (C=O) groups excluding carboxylic acids is 1. The fourth-order valence-electron chi connectivity index (χ4n) is 6.30. The molecule has 5 nitrogen and oxygen atoms in total. The summed E-state index contributed by atoms with van der Waals surface area (Å²) in [5.74, 6) is 2.07. The number of nitrogens with zero attached hydrogens (tertiary/aromatic N) is 1. The van der Waals surface area contributed by atoms with Crippen LogP contribution in [0.5, 0.6) is 0 Å². The summed E-state index contributed by atoms with van der Waals surface area (Å²) < 4.78 is 11.7. The van der Waals surface area contributed by atoms with E-state index in [4.69, 9.17) is 9.47 Å². The van der Waals surface area contributed by atoms with Crippen molar-refractivity contribution in [3.05, 3.63) is 23.7 Å². The van der Waals surface area contributed by atoms with Crippen molar-refractivity contribution in [2.45, 2.75) is 43.4 Å². The normalized spacial score (nSPS) is 50.7. The van der Waals surface area contributed by atoms with Gasteiger partial charge >= 0.3 is 0 Å². The number of likely N-dealkylation sites (tertiary alicyclic amines) is 1. The Kier molecular flexibility index (Phi) is 2.56. The van der Waals surface area contributed by atoms with E-state index in [9.17, 15) is 9.90 Å². The number of methoxy groups -OCH3 is 1. The standard InChI is InChI=1S/C18H23NO4/c1-19-8-7-17-14-10-3-4-12(22-2)15(14)23-16(17)11(20)5-6-18(17,21)13(19)9-10/h3-4,10,13-14,16,21H,5-9H2,1-2H3. The Balaban J connectivity index is 1.76. The molecule has 1 N–H and O–H groups in total. The molecule has 2 bridgehead atoms. The van der Waals surface area contributed by atoms with Gasteiger partial charge in [-0.25, -0.2) is 0 Å². The number of ketones is 1. The lowest BCUT2D eigenvalue weighted by Gasteiger charge is -2.65. The van der Waals surface area contributed by atoms with E-state index in [1.807, 2.05) is 6.08 Å². The molecule has 4 fully saturated rings. The molecular weight excluding hydrogens is 294 g/mol. The highest BCUT2D eigenvalue weighted by Gasteiger charge is 2.76. The summed E-state index contributed by atoms with van der Waals surface area (Å²) in [6.07, 6.45) is 6.37. The number of ether oxygens (including phenoxy) is 2. The summed E-state index contributed by atoms with van der Waals surface area (Å²) in [6.45, 7) is 0.905. The van der Waals surface area contributed by atoms with E-state index in [0.29, 0.717) is 18.8 Å². The van der Waals surface area contributed by atoms with Crippen LogP contribution in [0.4, 0.5) is 0 Å². The maximum absolute atomic E-state index is 12.7. The van der Waals surface area contributed by atoms with Crippen molar-refractivity contribution < 1.29 is 19.4 Å². The van der Waals surface area contributed by atoms with Gasteiger partial charge in [0.1, 0.15) is 5.76 Å². The molecule has 0 radical (unpaired) electrons. The summed E-state index contributed by atoms with van der Waals surface area (Å²) >= 11 is 0. The van der Waals surface area contributed by atoms with E-state index in [-0.39, 0.29) is 17.7 Å². The quantitative estimate of drug-likeness (QED) is 0.788. The molecule has 6 atom stereocenters. The molecule has 124 valence electrons. The van der Waals surface area contributed by atoms with Gasteiger partial charge in [-0.15, -0.1) is 0 Å². The lowest BCUT2D eigenvalue weighted by molar-refractivity contribution is -0.240. The van der Waals surface area contributed by atoms with E-state index in [1.54, 1.807) is 7.11 Å². The molecule has 23 heavy (non-hydrogen) atoms. The Bertz CT molecular complexity index is 655. The van der Waals surface area contributed by atoms with Gasteiger partial charge in [-0.2, -0.15) is 0 Å².